The summed E-state index contributed by atoms with van der Waals surface area (Å²) in [6.45, 7) is 6.15. The van der Waals surface area contributed by atoms with Crippen LogP contribution in [0.2, 0.25) is 0 Å². The van der Waals surface area contributed by atoms with Gasteiger partial charge in [0.25, 0.3) is 0 Å². The van der Waals surface area contributed by atoms with Crippen molar-refractivity contribution in [1.29, 1.82) is 5.41 Å². The SMILES string of the molecule is CC(CN1CCC(C)C1CO)C(=N)N. The molecule has 1 heterocycles. The maximum atomic E-state index is 9.23. The van der Waals surface area contributed by atoms with Gasteiger partial charge in [-0.15, -0.1) is 0 Å². The van der Waals surface area contributed by atoms with Crippen molar-refractivity contribution >= 4 is 5.84 Å². The number of aliphatic hydroxyl groups excluding tert-OH is 1. The Balaban J connectivity index is 2.48. The number of hydrogen-bond donors (Lipinski definition) is 3. The molecule has 0 aromatic carbocycles. The standard InChI is InChI=1S/C10H21N3O/c1-7-3-4-13(9(7)6-14)5-8(2)10(11)12/h7-9,14H,3-6H2,1-2H3,(H3,11,12). The van der Waals surface area contributed by atoms with Gasteiger partial charge in [0, 0.05) is 18.5 Å². The maximum Gasteiger partial charge on any atom is 0.0947 e. The number of nitrogens with two attached hydrogens (primary N) is 1. The van der Waals surface area contributed by atoms with E-state index in [2.05, 4.69) is 11.8 Å². The summed E-state index contributed by atoms with van der Waals surface area (Å²) in [7, 11) is 0. The molecule has 1 fully saturated rings. The van der Waals surface area contributed by atoms with Gasteiger partial charge in [0.05, 0.1) is 12.4 Å². The minimum absolute atomic E-state index is 0.0920. The molecule has 0 amide bonds. The third-order valence-corrected chi connectivity index (χ3v) is 3.22. The van der Waals surface area contributed by atoms with Gasteiger partial charge in [-0.3, -0.25) is 10.3 Å². The highest BCUT2D eigenvalue weighted by molar-refractivity contribution is 5.79. The fourth-order valence-electron chi connectivity index (χ4n) is 2.06. The van der Waals surface area contributed by atoms with Gasteiger partial charge in [0.1, 0.15) is 0 Å². The number of likely N-dealkylation sites (tertiary alicyclic amines) is 1. The molecule has 0 aliphatic carbocycles. The summed E-state index contributed by atoms with van der Waals surface area (Å²) in [6.07, 6.45) is 1.13. The van der Waals surface area contributed by atoms with Crippen LogP contribution in [0.25, 0.3) is 0 Å². The molecule has 1 aliphatic rings. The van der Waals surface area contributed by atoms with Crippen LogP contribution in [-0.4, -0.2) is 41.6 Å². The Morgan fingerprint density at radius 1 is 1.71 bits per heavy atom. The van der Waals surface area contributed by atoms with Crippen molar-refractivity contribution < 1.29 is 5.11 Å². The molecule has 4 N–H and O–H groups in total. The average molecular weight is 199 g/mol. The molecule has 1 aliphatic heterocycles. The number of hydrogen-bond acceptors (Lipinski definition) is 3. The summed E-state index contributed by atoms with van der Waals surface area (Å²) < 4.78 is 0. The van der Waals surface area contributed by atoms with E-state index in [-0.39, 0.29) is 24.4 Å². The quantitative estimate of drug-likeness (QED) is 0.449. The first-order valence-electron chi connectivity index (χ1n) is 5.25. The van der Waals surface area contributed by atoms with Crippen molar-refractivity contribution in [2.45, 2.75) is 26.3 Å². The molecule has 4 heteroatoms. The first-order valence-corrected chi connectivity index (χ1v) is 5.25. The van der Waals surface area contributed by atoms with Gasteiger partial charge in [-0.05, 0) is 18.9 Å². The lowest BCUT2D eigenvalue weighted by atomic mass is 10.0. The molecule has 0 bridgehead atoms. The molecule has 3 unspecified atom stereocenters. The highest BCUT2D eigenvalue weighted by Crippen LogP contribution is 2.24. The zero-order valence-electron chi connectivity index (χ0n) is 9.03. The van der Waals surface area contributed by atoms with E-state index in [0.29, 0.717) is 5.92 Å². The minimum atomic E-state index is 0.0920. The Morgan fingerprint density at radius 3 is 2.86 bits per heavy atom. The third kappa shape index (κ3) is 2.45. The monoisotopic (exact) mass is 199 g/mol. The lowest BCUT2D eigenvalue weighted by molar-refractivity contribution is 0.134. The zero-order chi connectivity index (χ0) is 10.7. The van der Waals surface area contributed by atoms with Gasteiger partial charge in [0.2, 0.25) is 0 Å². The van der Waals surface area contributed by atoms with Gasteiger partial charge in [-0.25, -0.2) is 0 Å². The molecule has 0 spiro atoms. The summed E-state index contributed by atoms with van der Waals surface area (Å²) in [4.78, 5) is 2.25. The van der Waals surface area contributed by atoms with Crippen molar-refractivity contribution in [3.63, 3.8) is 0 Å². The van der Waals surface area contributed by atoms with Crippen molar-refractivity contribution in [3.8, 4) is 0 Å². The van der Waals surface area contributed by atoms with Crippen molar-refractivity contribution in [3.05, 3.63) is 0 Å². The summed E-state index contributed by atoms with van der Waals surface area (Å²) in [6, 6.07) is 0.261. The van der Waals surface area contributed by atoms with E-state index < -0.39 is 0 Å². The van der Waals surface area contributed by atoms with E-state index in [4.69, 9.17) is 11.1 Å². The van der Waals surface area contributed by atoms with E-state index in [1.807, 2.05) is 6.92 Å². The van der Waals surface area contributed by atoms with E-state index >= 15 is 0 Å². The van der Waals surface area contributed by atoms with Crippen LogP contribution in [-0.2, 0) is 0 Å². The molecular formula is C10H21N3O. The average Bonchev–Trinajstić information content (AvgIpc) is 2.46. The predicted octanol–water partition coefficient (Wildman–Crippen LogP) is 0.261. The zero-order valence-corrected chi connectivity index (χ0v) is 9.03. The predicted molar refractivity (Wildman–Crippen MR) is 57.3 cm³/mol. The molecule has 82 valence electrons. The Bertz CT molecular complexity index is 208. The minimum Gasteiger partial charge on any atom is -0.395 e. The van der Waals surface area contributed by atoms with E-state index in [9.17, 15) is 5.11 Å². The topological polar surface area (TPSA) is 73.3 Å². The van der Waals surface area contributed by atoms with E-state index in [1.165, 1.54) is 0 Å². The number of rotatable bonds is 4. The molecular weight excluding hydrogens is 178 g/mol. The normalized spacial score (nSPS) is 30.5. The van der Waals surface area contributed by atoms with Crippen LogP contribution in [0.15, 0.2) is 0 Å². The summed E-state index contributed by atoms with van der Waals surface area (Å²) >= 11 is 0. The van der Waals surface area contributed by atoms with Crippen molar-refractivity contribution in [1.82, 2.24) is 4.90 Å². The van der Waals surface area contributed by atoms with Crippen LogP contribution >= 0.6 is 0 Å². The molecule has 0 aromatic heterocycles. The van der Waals surface area contributed by atoms with Gasteiger partial charge < -0.3 is 10.8 Å². The molecule has 0 saturated carbocycles. The molecule has 0 aromatic rings. The molecule has 4 nitrogen and oxygen atoms in total. The molecule has 0 radical (unpaired) electrons. The number of nitrogens with one attached hydrogen (secondary N) is 1. The molecule has 1 rings (SSSR count). The molecule has 3 atom stereocenters. The Morgan fingerprint density at radius 2 is 2.36 bits per heavy atom. The first-order chi connectivity index (χ1) is 6.56. The number of amidine groups is 1. The van der Waals surface area contributed by atoms with Crippen LogP contribution in [0.3, 0.4) is 0 Å². The second-order valence-electron chi connectivity index (χ2n) is 4.37. The lowest BCUT2D eigenvalue weighted by Gasteiger charge is -2.27. The van der Waals surface area contributed by atoms with Gasteiger partial charge >= 0.3 is 0 Å². The van der Waals surface area contributed by atoms with Crippen molar-refractivity contribution in [2.24, 2.45) is 17.6 Å². The van der Waals surface area contributed by atoms with Crippen molar-refractivity contribution in [2.75, 3.05) is 19.7 Å². The van der Waals surface area contributed by atoms with Crippen LogP contribution < -0.4 is 5.73 Å². The smallest absolute Gasteiger partial charge is 0.0947 e. The summed E-state index contributed by atoms with van der Waals surface area (Å²) in [5.74, 6) is 0.884. The van der Waals surface area contributed by atoms with Crippen LogP contribution in [0.1, 0.15) is 20.3 Å². The number of nitrogens with zero attached hydrogens (tertiary/aromatic N) is 1. The van der Waals surface area contributed by atoms with E-state index in [0.717, 1.165) is 19.5 Å². The molecule has 1 saturated heterocycles. The molecule has 14 heavy (non-hydrogen) atoms. The fraction of sp³-hybridized carbons (Fsp3) is 0.900. The lowest BCUT2D eigenvalue weighted by Crippen LogP contribution is -2.40. The maximum absolute atomic E-state index is 9.23. The summed E-state index contributed by atoms with van der Waals surface area (Å²) in [5, 5.41) is 16.6. The second kappa shape index (κ2) is 4.75. The number of aliphatic hydroxyl groups is 1. The second-order valence-corrected chi connectivity index (χ2v) is 4.37. The summed E-state index contributed by atoms with van der Waals surface area (Å²) in [5.41, 5.74) is 5.43. The largest absolute Gasteiger partial charge is 0.395 e. The van der Waals surface area contributed by atoms with E-state index in [1.54, 1.807) is 0 Å². The van der Waals surface area contributed by atoms with Gasteiger partial charge in [-0.1, -0.05) is 13.8 Å². The first kappa shape index (κ1) is 11.5. The Kier molecular flexibility index (Phi) is 3.89. The highest BCUT2D eigenvalue weighted by atomic mass is 16.3. The van der Waals surface area contributed by atoms with Gasteiger partial charge in [-0.2, -0.15) is 0 Å². The van der Waals surface area contributed by atoms with Crippen LogP contribution in [0, 0.1) is 17.2 Å². The van der Waals surface area contributed by atoms with Crippen LogP contribution in [0.5, 0.6) is 0 Å². The third-order valence-electron chi connectivity index (χ3n) is 3.22. The van der Waals surface area contributed by atoms with Crippen LogP contribution in [0.4, 0.5) is 0 Å². The Labute approximate surface area is 85.6 Å². The fourth-order valence-corrected chi connectivity index (χ4v) is 2.06. The Hall–Kier alpha value is -0.610. The highest BCUT2D eigenvalue weighted by Gasteiger charge is 2.31. The van der Waals surface area contributed by atoms with Gasteiger partial charge in [0.15, 0.2) is 0 Å².